The van der Waals surface area contributed by atoms with Gasteiger partial charge in [0.15, 0.2) is 0 Å². The van der Waals surface area contributed by atoms with Gasteiger partial charge in [0.2, 0.25) is 0 Å². The minimum Gasteiger partial charge on any atom is -0.481 e. The maximum absolute atomic E-state index is 12.0. The third-order valence-electron chi connectivity index (χ3n) is 4.56. The average Bonchev–Trinajstić information content (AvgIpc) is 2.93. The molecule has 2 fully saturated rings. The molecule has 2 rings (SSSR count). The lowest BCUT2D eigenvalue weighted by atomic mass is 9.80. The van der Waals surface area contributed by atoms with Gasteiger partial charge in [-0.25, -0.2) is 4.79 Å². The first-order valence-corrected chi connectivity index (χ1v) is 8.74. The Balaban J connectivity index is 1.83. The zero-order valence-corrected chi connectivity index (χ0v) is 13.2. The number of ether oxygens (including phenoxy) is 1. The molecule has 3 N–H and O–H groups in total. The van der Waals surface area contributed by atoms with E-state index >= 15 is 0 Å². The highest BCUT2D eigenvalue weighted by Crippen LogP contribution is 2.30. The summed E-state index contributed by atoms with van der Waals surface area (Å²) in [4.78, 5) is 23.5. The molecule has 6 nitrogen and oxygen atoms in total. The smallest absolute Gasteiger partial charge is 0.315 e. The number of amides is 2. The van der Waals surface area contributed by atoms with Crippen LogP contribution in [0, 0.1) is 5.41 Å². The lowest BCUT2D eigenvalue weighted by Crippen LogP contribution is -2.51. The topological polar surface area (TPSA) is 87.7 Å². The van der Waals surface area contributed by atoms with E-state index in [1.54, 1.807) is 11.8 Å². The van der Waals surface area contributed by atoms with Gasteiger partial charge in [-0.2, -0.15) is 11.8 Å². The molecule has 2 aliphatic rings. The summed E-state index contributed by atoms with van der Waals surface area (Å²) in [6.45, 7) is 1.04. The molecule has 2 unspecified atom stereocenters. The number of carboxylic acid groups (broad SMARTS) is 1. The van der Waals surface area contributed by atoms with Crippen molar-refractivity contribution in [3.63, 3.8) is 0 Å². The number of carbonyl (C=O) groups excluding carboxylic acids is 1. The Hall–Kier alpha value is -0.950. The van der Waals surface area contributed by atoms with Gasteiger partial charge in [0, 0.05) is 31.1 Å². The maximum Gasteiger partial charge on any atom is 0.315 e. The Morgan fingerprint density at radius 2 is 2.05 bits per heavy atom. The van der Waals surface area contributed by atoms with Crippen molar-refractivity contribution in [2.24, 2.45) is 5.41 Å². The third-order valence-corrected chi connectivity index (χ3v) is 5.73. The van der Waals surface area contributed by atoms with E-state index in [2.05, 4.69) is 16.9 Å². The SMILES string of the molecule is CSC1CCCC1NC(=O)NCC1(C(=O)O)CCOCC1. The van der Waals surface area contributed by atoms with Crippen molar-refractivity contribution in [2.75, 3.05) is 26.0 Å². The quantitative estimate of drug-likeness (QED) is 0.714. The standard InChI is InChI=1S/C14H24N2O4S/c1-21-11-4-2-3-10(11)16-13(19)15-9-14(12(17)18)5-7-20-8-6-14/h10-11H,2-9H2,1H3,(H,17,18)(H2,15,16,19). The van der Waals surface area contributed by atoms with Crippen LogP contribution in [0.1, 0.15) is 32.1 Å². The van der Waals surface area contributed by atoms with Crippen LogP contribution in [0.4, 0.5) is 4.79 Å². The number of nitrogens with one attached hydrogen (secondary N) is 2. The Bertz CT molecular complexity index is 385. The minimum atomic E-state index is -0.885. The van der Waals surface area contributed by atoms with Crippen molar-refractivity contribution in [2.45, 2.75) is 43.4 Å². The predicted molar refractivity (Wildman–Crippen MR) is 81.6 cm³/mol. The van der Waals surface area contributed by atoms with E-state index in [1.165, 1.54) is 0 Å². The largest absolute Gasteiger partial charge is 0.481 e. The van der Waals surface area contributed by atoms with Gasteiger partial charge in [-0.3, -0.25) is 4.79 Å². The highest BCUT2D eigenvalue weighted by Gasteiger charge is 2.40. The molecule has 2 atom stereocenters. The van der Waals surface area contributed by atoms with Crippen molar-refractivity contribution in [3.05, 3.63) is 0 Å². The van der Waals surface area contributed by atoms with E-state index in [1.807, 2.05) is 0 Å². The molecule has 21 heavy (non-hydrogen) atoms. The second-order valence-corrected chi connectivity index (χ2v) is 6.91. The fourth-order valence-electron chi connectivity index (χ4n) is 3.07. The van der Waals surface area contributed by atoms with Crippen molar-refractivity contribution in [3.8, 4) is 0 Å². The van der Waals surface area contributed by atoms with Gasteiger partial charge in [0.05, 0.1) is 5.41 Å². The van der Waals surface area contributed by atoms with Gasteiger partial charge in [0.25, 0.3) is 0 Å². The second kappa shape index (κ2) is 7.35. The Morgan fingerprint density at radius 3 is 2.67 bits per heavy atom. The minimum absolute atomic E-state index is 0.161. The molecule has 2 amide bonds. The van der Waals surface area contributed by atoms with E-state index in [0.717, 1.165) is 19.3 Å². The van der Waals surface area contributed by atoms with E-state index in [9.17, 15) is 14.7 Å². The van der Waals surface area contributed by atoms with Crippen molar-refractivity contribution >= 4 is 23.8 Å². The van der Waals surface area contributed by atoms with Crippen LogP contribution in [0.5, 0.6) is 0 Å². The number of carboxylic acids is 1. The van der Waals surface area contributed by atoms with Crippen LogP contribution in [0.25, 0.3) is 0 Å². The summed E-state index contributed by atoms with van der Waals surface area (Å²) < 4.78 is 5.22. The van der Waals surface area contributed by atoms with Crippen LogP contribution in [0.2, 0.25) is 0 Å². The number of carbonyl (C=O) groups is 2. The number of hydrogen-bond acceptors (Lipinski definition) is 4. The first-order valence-electron chi connectivity index (χ1n) is 7.46. The lowest BCUT2D eigenvalue weighted by Gasteiger charge is -2.33. The highest BCUT2D eigenvalue weighted by molar-refractivity contribution is 7.99. The molecule has 0 bridgehead atoms. The Labute approximate surface area is 129 Å². The predicted octanol–water partition coefficient (Wildman–Crippen LogP) is 1.45. The van der Waals surface area contributed by atoms with Crippen LogP contribution in [0.15, 0.2) is 0 Å². The number of aliphatic carboxylic acids is 1. The van der Waals surface area contributed by atoms with E-state index in [-0.39, 0.29) is 18.6 Å². The molecule has 120 valence electrons. The molecule has 0 aromatic rings. The number of urea groups is 1. The molecular formula is C14H24N2O4S. The molecular weight excluding hydrogens is 292 g/mol. The summed E-state index contributed by atoms with van der Waals surface area (Å²) in [7, 11) is 0. The third kappa shape index (κ3) is 4.03. The monoisotopic (exact) mass is 316 g/mol. The van der Waals surface area contributed by atoms with E-state index in [4.69, 9.17) is 4.74 Å². The normalized spacial score (nSPS) is 28.0. The van der Waals surface area contributed by atoms with Crippen LogP contribution < -0.4 is 10.6 Å². The summed E-state index contributed by atoms with van der Waals surface area (Å²) in [5, 5.41) is 15.6. The molecule has 1 saturated carbocycles. The Kier molecular flexibility index (Phi) is 5.75. The fraction of sp³-hybridized carbons (Fsp3) is 0.857. The highest BCUT2D eigenvalue weighted by atomic mass is 32.2. The second-order valence-electron chi connectivity index (χ2n) is 5.84. The van der Waals surface area contributed by atoms with Crippen LogP contribution in [-0.4, -0.2) is 54.4 Å². The van der Waals surface area contributed by atoms with Crippen LogP contribution in [0.3, 0.4) is 0 Å². The molecule has 1 aliphatic heterocycles. The molecule has 7 heteroatoms. The average molecular weight is 316 g/mol. The zero-order chi connectivity index (χ0) is 15.3. The number of thioether (sulfide) groups is 1. The Morgan fingerprint density at radius 1 is 1.33 bits per heavy atom. The number of rotatable bonds is 5. The lowest BCUT2D eigenvalue weighted by molar-refractivity contribution is -0.154. The van der Waals surface area contributed by atoms with Crippen LogP contribution >= 0.6 is 11.8 Å². The molecule has 1 saturated heterocycles. The maximum atomic E-state index is 12.0. The van der Waals surface area contributed by atoms with Crippen molar-refractivity contribution in [1.82, 2.24) is 10.6 Å². The van der Waals surface area contributed by atoms with Gasteiger partial charge in [-0.1, -0.05) is 6.42 Å². The summed E-state index contributed by atoms with van der Waals surface area (Å²) >= 11 is 1.78. The molecule has 1 aliphatic carbocycles. The molecule has 0 spiro atoms. The van der Waals surface area contributed by atoms with Crippen molar-refractivity contribution in [1.29, 1.82) is 0 Å². The fourth-order valence-corrected chi connectivity index (χ4v) is 4.01. The molecule has 0 aromatic carbocycles. The van der Waals surface area contributed by atoms with Gasteiger partial charge in [-0.05, 0) is 31.9 Å². The van der Waals surface area contributed by atoms with Gasteiger partial charge in [-0.15, -0.1) is 0 Å². The van der Waals surface area contributed by atoms with Crippen LogP contribution in [-0.2, 0) is 9.53 Å². The number of hydrogen-bond donors (Lipinski definition) is 3. The van der Waals surface area contributed by atoms with Crippen molar-refractivity contribution < 1.29 is 19.4 Å². The first kappa shape index (κ1) is 16.4. The van der Waals surface area contributed by atoms with E-state index < -0.39 is 11.4 Å². The summed E-state index contributed by atoms with van der Waals surface area (Å²) in [6.07, 6.45) is 6.20. The van der Waals surface area contributed by atoms with E-state index in [0.29, 0.717) is 31.3 Å². The van der Waals surface area contributed by atoms with Gasteiger partial charge >= 0.3 is 12.0 Å². The summed E-state index contributed by atoms with van der Waals surface area (Å²) in [5.74, 6) is -0.853. The first-order chi connectivity index (χ1) is 10.1. The molecule has 1 heterocycles. The zero-order valence-electron chi connectivity index (χ0n) is 12.4. The van der Waals surface area contributed by atoms with Gasteiger partial charge < -0.3 is 20.5 Å². The summed E-state index contributed by atoms with van der Waals surface area (Å²) in [5.41, 5.74) is -0.885. The molecule has 0 radical (unpaired) electrons. The van der Waals surface area contributed by atoms with Gasteiger partial charge in [0.1, 0.15) is 0 Å². The molecule has 0 aromatic heterocycles. The summed E-state index contributed by atoms with van der Waals surface area (Å²) in [6, 6.07) is -0.0662.